The van der Waals surface area contributed by atoms with Crippen LogP contribution in [0, 0.1) is 0 Å². The maximum absolute atomic E-state index is 13.4. The highest BCUT2D eigenvalue weighted by Crippen LogP contribution is 2.26. The molecular formula is C24H21ClN4O4. The second-order valence-electron chi connectivity index (χ2n) is 7.22. The van der Waals surface area contributed by atoms with Crippen molar-refractivity contribution in [2.45, 2.75) is 26.3 Å². The van der Waals surface area contributed by atoms with Crippen LogP contribution in [0.5, 0.6) is 0 Å². The zero-order chi connectivity index (χ0) is 23.4. The molecule has 2 heterocycles. The summed E-state index contributed by atoms with van der Waals surface area (Å²) in [5, 5.41) is 0.0808. The van der Waals surface area contributed by atoms with Crippen molar-refractivity contribution in [2.24, 2.45) is 0 Å². The summed E-state index contributed by atoms with van der Waals surface area (Å²) in [6.45, 7) is 2.02. The quantitative estimate of drug-likeness (QED) is 0.388. The summed E-state index contributed by atoms with van der Waals surface area (Å²) >= 11 is 6.44. The first-order valence-corrected chi connectivity index (χ1v) is 10.9. The fourth-order valence-corrected chi connectivity index (χ4v) is 3.76. The minimum atomic E-state index is -0.590. The molecule has 0 aliphatic heterocycles. The lowest BCUT2D eigenvalue weighted by Crippen LogP contribution is -2.40. The van der Waals surface area contributed by atoms with Gasteiger partial charge in [-0.2, -0.15) is 0 Å². The Labute approximate surface area is 194 Å². The molecule has 0 N–H and O–H groups in total. The second-order valence-corrected chi connectivity index (χ2v) is 7.58. The molecule has 9 heteroatoms. The number of fused-ring (bicyclic) bond motifs is 1. The normalized spacial score (nSPS) is 11.0. The van der Waals surface area contributed by atoms with Crippen molar-refractivity contribution < 1.29 is 9.53 Å². The first-order valence-electron chi connectivity index (χ1n) is 10.5. The van der Waals surface area contributed by atoms with Crippen LogP contribution in [0.1, 0.15) is 19.8 Å². The van der Waals surface area contributed by atoms with Gasteiger partial charge in [0.2, 0.25) is 0 Å². The molecule has 2 aromatic carbocycles. The van der Waals surface area contributed by atoms with Crippen LogP contribution >= 0.6 is 11.6 Å². The van der Waals surface area contributed by atoms with Gasteiger partial charge in [-0.1, -0.05) is 60.1 Å². The number of nitrogens with zero attached hydrogens (tertiary/aromatic N) is 4. The predicted molar refractivity (Wildman–Crippen MR) is 126 cm³/mol. The first kappa shape index (κ1) is 22.4. The molecule has 0 fully saturated rings. The van der Waals surface area contributed by atoms with Gasteiger partial charge in [0.25, 0.3) is 5.56 Å². The molecule has 0 aliphatic carbocycles. The molecule has 0 saturated heterocycles. The molecule has 0 bridgehead atoms. The molecule has 4 rings (SSSR count). The zero-order valence-electron chi connectivity index (χ0n) is 17.9. The lowest BCUT2D eigenvalue weighted by molar-refractivity contribution is -0.143. The molecule has 168 valence electrons. The average Bonchev–Trinajstić information content (AvgIpc) is 2.82. The molecular weight excluding hydrogens is 444 g/mol. The zero-order valence-corrected chi connectivity index (χ0v) is 18.7. The topological polar surface area (TPSA) is 96.1 Å². The monoisotopic (exact) mass is 464 g/mol. The number of rotatable bonds is 7. The molecule has 2 aromatic heterocycles. The maximum Gasteiger partial charge on any atom is 0.337 e. The van der Waals surface area contributed by atoms with Crippen LogP contribution in [0.3, 0.4) is 0 Å². The first-order chi connectivity index (χ1) is 16.0. The molecule has 0 atom stereocenters. The molecule has 0 amide bonds. The van der Waals surface area contributed by atoms with E-state index in [4.69, 9.17) is 16.3 Å². The summed E-state index contributed by atoms with van der Waals surface area (Å²) in [7, 11) is 0. The van der Waals surface area contributed by atoms with Crippen molar-refractivity contribution in [3.63, 3.8) is 0 Å². The molecule has 0 saturated carbocycles. The number of halogens is 1. The lowest BCUT2D eigenvalue weighted by atomic mass is 10.1. The third kappa shape index (κ3) is 4.56. The fraction of sp³-hybridized carbons (Fsp3) is 0.208. The molecule has 33 heavy (non-hydrogen) atoms. The minimum absolute atomic E-state index is 0.0119. The highest BCUT2D eigenvalue weighted by atomic mass is 35.5. The molecule has 0 aliphatic rings. The highest BCUT2D eigenvalue weighted by Gasteiger charge is 2.20. The summed E-state index contributed by atoms with van der Waals surface area (Å²) in [5.74, 6) is -0.382. The predicted octanol–water partition coefficient (Wildman–Crippen LogP) is 3.61. The third-order valence-corrected chi connectivity index (χ3v) is 5.31. The van der Waals surface area contributed by atoms with Crippen LogP contribution in [0.25, 0.3) is 28.1 Å². The Morgan fingerprint density at radius 1 is 1.00 bits per heavy atom. The maximum atomic E-state index is 13.4. The van der Waals surface area contributed by atoms with Gasteiger partial charge < -0.3 is 4.74 Å². The molecule has 0 spiro atoms. The van der Waals surface area contributed by atoms with Gasteiger partial charge in [0.1, 0.15) is 5.69 Å². The number of benzene rings is 2. The van der Waals surface area contributed by atoms with Gasteiger partial charge in [-0.25, -0.2) is 19.3 Å². The van der Waals surface area contributed by atoms with Crippen molar-refractivity contribution >= 4 is 28.7 Å². The van der Waals surface area contributed by atoms with Gasteiger partial charge in [-0.15, -0.1) is 0 Å². The summed E-state index contributed by atoms with van der Waals surface area (Å²) < 4.78 is 7.32. The van der Waals surface area contributed by atoms with Crippen LogP contribution in [0.4, 0.5) is 0 Å². The Bertz CT molecular complexity index is 1420. The summed E-state index contributed by atoms with van der Waals surface area (Å²) in [4.78, 5) is 47.3. The van der Waals surface area contributed by atoms with E-state index >= 15 is 0 Å². The van der Waals surface area contributed by atoms with Gasteiger partial charge in [-0.3, -0.25) is 14.2 Å². The van der Waals surface area contributed by atoms with Crippen LogP contribution in [-0.4, -0.2) is 31.7 Å². The average molecular weight is 465 g/mol. The van der Waals surface area contributed by atoms with Crippen molar-refractivity contribution in [2.75, 3.05) is 6.61 Å². The van der Waals surface area contributed by atoms with Gasteiger partial charge in [-0.05, 0) is 25.5 Å². The Hall–Kier alpha value is -3.78. The molecule has 8 nitrogen and oxygen atoms in total. The van der Waals surface area contributed by atoms with Gasteiger partial charge in [0.05, 0.1) is 12.3 Å². The van der Waals surface area contributed by atoms with E-state index in [9.17, 15) is 14.4 Å². The van der Waals surface area contributed by atoms with Gasteiger partial charge in [0.15, 0.2) is 16.3 Å². The molecule has 0 radical (unpaired) electrons. The fourth-order valence-electron chi connectivity index (χ4n) is 3.53. The van der Waals surface area contributed by atoms with Crippen LogP contribution in [-0.2, 0) is 16.1 Å². The third-order valence-electron chi connectivity index (χ3n) is 5.05. The number of carbonyl (C=O) groups excluding carboxylic acids is 1. The number of esters is 1. The standard InChI is InChI=1S/C24H21ClN4O4/c1-2-33-18(30)14-9-15-28-23(31)20-22(29(24(28)32)17-12-7-4-8-13-17)27-21(25)19(26-20)16-10-5-3-6-11-16/h3-8,10-13H,2,9,14-15H2,1H3. The number of ether oxygens (including phenoxy) is 1. The summed E-state index contributed by atoms with van der Waals surface area (Å²) in [6, 6.07) is 18.0. The summed E-state index contributed by atoms with van der Waals surface area (Å²) in [5.41, 5.74) is 0.471. The van der Waals surface area contributed by atoms with E-state index in [-0.39, 0.29) is 48.3 Å². The Morgan fingerprint density at radius 3 is 2.33 bits per heavy atom. The molecule has 0 unspecified atom stereocenters. The van der Waals surface area contributed by atoms with E-state index in [0.29, 0.717) is 16.9 Å². The molecule has 4 aromatic rings. The van der Waals surface area contributed by atoms with Gasteiger partial charge >= 0.3 is 11.7 Å². The van der Waals surface area contributed by atoms with E-state index in [1.165, 1.54) is 4.57 Å². The Morgan fingerprint density at radius 2 is 1.67 bits per heavy atom. The number of carbonyl (C=O) groups is 1. The van der Waals surface area contributed by atoms with Crippen molar-refractivity contribution in [3.8, 4) is 16.9 Å². The van der Waals surface area contributed by atoms with Crippen LogP contribution in [0.2, 0.25) is 5.15 Å². The minimum Gasteiger partial charge on any atom is -0.466 e. The lowest BCUT2D eigenvalue weighted by Gasteiger charge is -2.14. The Balaban J connectivity index is 1.92. The van der Waals surface area contributed by atoms with E-state index in [1.54, 1.807) is 31.2 Å². The van der Waals surface area contributed by atoms with Crippen molar-refractivity contribution in [1.29, 1.82) is 0 Å². The second kappa shape index (κ2) is 9.79. The number of aromatic nitrogens is 4. The van der Waals surface area contributed by atoms with Gasteiger partial charge in [0, 0.05) is 18.5 Å². The highest BCUT2D eigenvalue weighted by molar-refractivity contribution is 6.32. The van der Waals surface area contributed by atoms with Crippen molar-refractivity contribution in [1.82, 2.24) is 19.1 Å². The largest absolute Gasteiger partial charge is 0.466 e. The van der Waals surface area contributed by atoms with E-state index in [2.05, 4.69) is 9.97 Å². The van der Waals surface area contributed by atoms with E-state index < -0.39 is 11.2 Å². The SMILES string of the molecule is CCOC(=O)CCCn1c(=O)c2nc(-c3ccccc3)c(Cl)nc2n(-c2ccccc2)c1=O. The number of hydrogen-bond acceptors (Lipinski definition) is 6. The van der Waals surface area contributed by atoms with E-state index in [0.717, 1.165) is 4.57 Å². The van der Waals surface area contributed by atoms with Crippen LogP contribution in [0.15, 0.2) is 70.3 Å². The smallest absolute Gasteiger partial charge is 0.337 e. The van der Waals surface area contributed by atoms with Crippen LogP contribution < -0.4 is 11.2 Å². The number of hydrogen-bond donors (Lipinski definition) is 0. The Kier molecular flexibility index (Phi) is 6.65. The van der Waals surface area contributed by atoms with Crippen molar-refractivity contribution in [3.05, 3.63) is 86.7 Å². The van der Waals surface area contributed by atoms with E-state index in [1.807, 2.05) is 36.4 Å². The summed E-state index contributed by atoms with van der Waals surface area (Å²) in [6.07, 6.45) is 0.353. The number of para-hydroxylation sites is 1.